The third-order valence-electron chi connectivity index (χ3n) is 5.66. The van der Waals surface area contributed by atoms with Gasteiger partial charge < -0.3 is 10.2 Å². The number of nitrogens with one attached hydrogen (secondary N) is 1. The molecule has 0 spiro atoms. The number of halogens is 1. The van der Waals surface area contributed by atoms with Crippen molar-refractivity contribution in [1.29, 1.82) is 0 Å². The number of likely N-dealkylation sites (tertiary alicyclic amines) is 1. The van der Waals surface area contributed by atoms with Crippen LogP contribution in [0.3, 0.4) is 0 Å². The maximum atomic E-state index is 13.1. The molecular weight excluding hydrogens is 360 g/mol. The number of rotatable bonds is 5. The Hall–Kier alpha value is -2.33. The van der Waals surface area contributed by atoms with E-state index in [4.69, 9.17) is 11.6 Å². The maximum absolute atomic E-state index is 13.1. The molecule has 2 aromatic carbocycles. The van der Waals surface area contributed by atoms with Crippen molar-refractivity contribution >= 4 is 23.4 Å². The number of hydrogen-bond donors (Lipinski definition) is 1. The Morgan fingerprint density at radius 3 is 2.67 bits per heavy atom. The molecule has 2 aliphatic rings. The smallest absolute Gasteiger partial charge is 0.247 e. The van der Waals surface area contributed by atoms with Gasteiger partial charge in [-0.25, -0.2) is 0 Å². The fourth-order valence-corrected chi connectivity index (χ4v) is 4.52. The van der Waals surface area contributed by atoms with E-state index in [9.17, 15) is 9.59 Å². The van der Waals surface area contributed by atoms with Crippen LogP contribution in [0.15, 0.2) is 54.6 Å². The van der Waals surface area contributed by atoms with Gasteiger partial charge in [-0.1, -0.05) is 66.9 Å². The molecule has 1 unspecified atom stereocenters. The van der Waals surface area contributed by atoms with Crippen LogP contribution in [0.25, 0.3) is 0 Å². The Balaban J connectivity index is 1.58. The van der Waals surface area contributed by atoms with Crippen molar-refractivity contribution in [3.8, 4) is 0 Å². The third kappa shape index (κ3) is 3.59. The highest BCUT2D eigenvalue weighted by Crippen LogP contribution is 2.43. The molecule has 1 aliphatic heterocycles. The van der Waals surface area contributed by atoms with Gasteiger partial charge in [-0.3, -0.25) is 9.59 Å². The Morgan fingerprint density at radius 1 is 1.11 bits per heavy atom. The molecule has 5 heteroatoms. The van der Waals surface area contributed by atoms with Crippen LogP contribution >= 0.6 is 11.6 Å². The molecule has 2 amide bonds. The average molecular weight is 383 g/mol. The number of β-lactam (4-membered cyclic amide) rings is 1. The van der Waals surface area contributed by atoms with Gasteiger partial charge in [0.1, 0.15) is 6.04 Å². The summed E-state index contributed by atoms with van der Waals surface area (Å²) in [5, 5.41) is 3.58. The Labute approximate surface area is 164 Å². The number of hydrogen-bond acceptors (Lipinski definition) is 2. The molecule has 2 fully saturated rings. The average Bonchev–Trinajstić information content (AvgIpc) is 2.70. The van der Waals surface area contributed by atoms with Crippen molar-refractivity contribution < 1.29 is 9.59 Å². The van der Waals surface area contributed by atoms with Gasteiger partial charge >= 0.3 is 0 Å². The largest absolute Gasteiger partial charge is 0.350 e. The molecule has 1 heterocycles. The summed E-state index contributed by atoms with van der Waals surface area (Å²) in [6.45, 7) is 0.437. The lowest BCUT2D eigenvalue weighted by Crippen LogP contribution is -2.64. The molecule has 27 heavy (non-hydrogen) atoms. The fraction of sp³-hybridized carbons (Fsp3) is 0.364. The summed E-state index contributed by atoms with van der Waals surface area (Å²) < 4.78 is 0. The number of amides is 2. The minimum atomic E-state index is -0.626. The number of nitrogens with zero attached hydrogens (tertiary/aromatic N) is 1. The van der Waals surface area contributed by atoms with E-state index in [1.165, 1.54) is 0 Å². The highest BCUT2D eigenvalue weighted by atomic mass is 35.5. The van der Waals surface area contributed by atoms with Crippen molar-refractivity contribution in [2.24, 2.45) is 5.92 Å². The van der Waals surface area contributed by atoms with Crippen LogP contribution in [0, 0.1) is 5.92 Å². The van der Waals surface area contributed by atoms with Crippen LogP contribution < -0.4 is 5.32 Å². The first-order chi connectivity index (χ1) is 13.1. The predicted octanol–water partition coefficient (Wildman–Crippen LogP) is 4.10. The molecule has 1 saturated carbocycles. The van der Waals surface area contributed by atoms with Crippen LogP contribution in [0.1, 0.15) is 42.9 Å². The minimum absolute atomic E-state index is 0.0855. The van der Waals surface area contributed by atoms with Gasteiger partial charge in [0.15, 0.2) is 0 Å². The van der Waals surface area contributed by atoms with Crippen LogP contribution in [0.2, 0.25) is 5.02 Å². The van der Waals surface area contributed by atoms with Gasteiger partial charge in [-0.15, -0.1) is 0 Å². The van der Waals surface area contributed by atoms with E-state index in [0.29, 0.717) is 11.6 Å². The lowest BCUT2D eigenvalue weighted by Gasteiger charge is -2.52. The number of benzene rings is 2. The first-order valence-corrected chi connectivity index (χ1v) is 9.92. The molecule has 1 aliphatic carbocycles. The summed E-state index contributed by atoms with van der Waals surface area (Å²) >= 11 is 6.17. The molecule has 140 valence electrons. The number of fused-ring (bicyclic) bond motifs is 1. The second kappa shape index (κ2) is 7.73. The molecule has 4 nitrogen and oxygen atoms in total. The van der Waals surface area contributed by atoms with Crippen molar-refractivity contribution in [2.75, 3.05) is 0 Å². The van der Waals surface area contributed by atoms with Crippen LogP contribution in [0.4, 0.5) is 0 Å². The van der Waals surface area contributed by atoms with E-state index < -0.39 is 6.04 Å². The normalized spacial score (nSPS) is 22.6. The van der Waals surface area contributed by atoms with E-state index in [-0.39, 0.29) is 23.8 Å². The highest BCUT2D eigenvalue weighted by Gasteiger charge is 2.52. The fourth-order valence-electron chi connectivity index (χ4n) is 4.32. The minimum Gasteiger partial charge on any atom is -0.350 e. The maximum Gasteiger partial charge on any atom is 0.247 e. The molecule has 0 radical (unpaired) electrons. The first kappa shape index (κ1) is 18.1. The highest BCUT2D eigenvalue weighted by molar-refractivity contribution is 6.30. The van der Waals surface area contributed by atoms with Crippen molar-refractivity contribution in [1.82, 2.24) is 10.2 Å². The van der Waals surface area contributed by atoms with E-state index >= 15 is 0 Å². The van der Waals surface area contributed by atoms with Crippen LogP contribution in [0.5, 0.6) is 0 Å². The molecular formula is C22H23ClN2O2. The van der Waals surface area contributed by atoms with Crippen molar-refractivity contribution in [3.63, 3.8) is 0 Å². The van der Waals surface area contributed by atoms with Gasteiger partial charge in [0.05, 0.1) is 5.92 Å². The molecule has 0 aromatic heterocycles. The standard InChI is InChI=1S/C22H23ClN2O2/c23-17-10-6-9-16(13-17)20(21(26)24-14-15-7-2-1-3-8-15)25-19-12-5-4-11-18(19)22(25)27/h1-3,6-10,13,18-20H,4-5,11-12,14H2,(H,24,26)/t18-,19+,20?/m1/s1. The zero-order chi connectivity index (χ0) is 18.8. The molecule has 3 atom stereocenters. The second-order valence-electron chi connectivity index (χ2n) is 7.36. The van der Waals surface area contributed by atoms with Gasteiger partial charge in [0.25, 0.3) is 0 Å². The Bertz CT molecular complexity index is 839. The Kier molecular flexibility index (Phi) is 5.17. The second-order valence-corrected chi connectivity index (χ2v) is 7.80. The summed E-state index contributed by atoms with van der Waals surface area (Å²) in [6.07, 6.45) is 4.12. The zero-order valence-electron chi connectivity index (χ0n) is 15.1. The summed E-state index contributed by atoms with van der Waals surface area (Å²) in [5.74, 6) is 0.0281. The lowest BCUT2D eigenvalue weighted by molar-refractivity contribution is -0.168. The van der Waals surface area contributed by atoms with E-state index in [2.05, 4.69) is 5.32 Å². The van der Waals surface area contributed by atoms with Gasteiger partial charge in [-0.2, -0.15) is 0 Å². The molecule has 1 N–H and O–H groups in total. The van der Waals surface area contributed by atoms with Crippen molar-refractivity contribution in [3.05, 3.63) is 70.7 Å². The molecule has 2 aromatic rings. The quantitative estimate of drug-likeness (QED) is 0.791. The van der Waals surface area contributed by atoms with Gasteiger partial charge in [-0.05, 0) is 36.1 Å². The molecule has 0 bridgehead atoms. The SMILES string of the molecule is O=C(NCc1ccccc1)C(c1cccc(Cl)c1)N1C(=O)[C@@H]2CCCC[C@@H]21. The molecule has 1 saturated heterocycles. The molecule has 4 rings (SSSR count). The number of carbonyl (C=O) groups excluding carboxylic acids is 2. The number of carbonyl (C=O) groups is 2. The predicted molar refractivity (Wildman–Crippen MR) is 105 cm³/mol. The summed E-state index contributed by atoms with van der Waals surface area (Å²) in [4.78, 5) is 27.7. The van der Waals surface area contributed by atoms with Crippen molar-refractivity contribution in [2.45, 2.75) is 44.3 Å². The Morgan fingerprint density at radius 2 is 1.89 bits per heavy atom. The van der Waals surface area contributed by atoms with Gasteiger partial charge in [0, 0.05) is 17.6 Å². The zero-order valence-corrected chi connectivity index (χ0v) is 15.9. The van der Waals surface area contributed by atoms with E-state index in [0.717, 1.165) is 36.8 Å². The summed E-state index contributed by atoms with van der Waals surface area (Å²) in [6, 6.07) is 16.6. The van der Waals surface area contributed by atoms with Crippen LogP contribution in [-0.2, 0) is 16.1 Å². The third-order valence-corrected chi connectivity index (χ3v) is 5.89. The van der Waals surface area contributed by atoms with E-state index in [1.54, 1.807) is 17.0 Å². The van der Waals surface area contributed by atoms with Gasteiger partial charge in [0.2, 0.25) is 11.8 Å². The lowest BCUT2D eigenvalue weighted by atomic mass is 9.74. The summed E-state index contributed by atoms with van der Waals surface area (Å²) in [5.41, 5.74) is 1.80. The van der Waals surface area contributed by atoms with Crippen LogP contribution in [-0.4, -0.2) is 22.8 Å². The first-order valence-electron chi connectivity index (χ1n) is 9.54. The van der Waals surface area contributed by atoms with E-state index in [1.807, 2.05) is 42.5 Å². The topological polar surface area (TPSA) is 49.4 Å². The summed E-state index contributed by atoms with van der Waals surface area (Å²) in [7, 11) is 0. The monoisotopic (exact) mass is 382 g/mol.